The topological polar surface area (TPSA) is 36.5 Å². The first-order valence-corrected chi connectivity index (χ1v) is 7.16. The van der Waals surface area contributed by atoms with Gasteiger partial charge in [0.2, 0.25) is 0 Å². The van der Waals surface area contributed by atoms with Crippen molar-refractivity contribution in [3.8, 4) is 5.75 Å². The number of ether oxygens (including phenoxy) is 1. The number of benzene rings is 1. The van der Waals surface area contributed by atoms with Crippen molar-refractivity contribution < 1.29 is 4.74 Å². The third-order valence-electron chi connectivity index (χ3n) is 4.30. The maximum absolute atomic E-state index is 5.92. The summed E-state index contributed by atoms with van der Waals surface area (Å²) in [7, 11) is 0. The van der Waals surface area contributed by atoms with E-state index in [1.165, 1.54) is 28.1 Å². The van der Waals surface area contributed by atoms with E-state index < -0.39 is 0 Å². The van der Waals surface area contributed by atoms with Gasteiger partial charge in [0.25, 0.3) is 0 Å². The fourth-order valence-electron chi connectivity index (χ4n) is 3.20. The van der Waals surface area contributed by atoms with Crippen LogP contribution in [-0.4, -0.2) is 39.3 Å². The number of rotatable bonds is 1. The average molecular weight is 261 g/mol. The molecule has 2 N–H and O–H groups in total. The van der Waals surface area contributed by atoms with Crippen LogP contribution in [0.5, 0.6) is 5.75 Å². The highest BCUT2D eigenvalue weighted by Gasteiger charge is 2.24. The Bertz CT molecular complexity index is 493. The highest BCUT2D eigenvalue weighted by molar-refractivity contribution is 5.78. The van der Waals surface area contributed by atoms with Crippen molar-refractivity contribution in [1.82, 2.24) is 5.32 Å². The number of fused-ring (bicyclic) bond motifs is 1. The molecule has 4 heteroatoms. The summed E-state index contributed by atoms with van der Waals surface area (Å²) in [6, 6.07) is 0. The molecule has 0 bridgehead atoms. The van der Waals surface area contributed by atoms with E-state index in [0.29, 0.717) is 0 Å². The van der Waals surface area contributed by atoms with Crippen LogP contribution in [0.15, 0.2) is 0 Å². The van der Waals surface area contributed by atoms with Crippen molar-refractivity contribution in [1.29, 1.82) is 0 Å². The van der Waals surface area contributed by atoms with Crippen LogP contribution in [0.2, 0.25) is 0 Å². The zero-order valence-corrected chi connectivity index (χ0v) is 12.1. The zero-order valence-electron chi connectivity index (χ0n) is 12.1. The summed E-state index contributed by atoms with van der Waals surface area (Å²) >= 11 is 0. The molecule has 19 heavy (non-hydrogen) atoms. The van der Waals surface area contributed by atoms with Crippen LogP contribution in [0.3, 0.4) is 0 Å². The van der Waals surface area contributed by atoms with Gasteiger partial charge < -0.3 is 20.3 Å². The van der Waals surface area contributed by atoms with E-state index in [4.69, 9.17) is 4.74 Å². The summed E-state index contributed by atoms with van der Waals surface area (Å²) in [4.78, 5) is 2.49. The number of piperazine rings is 1. The second-order valence-corrected chi connectivity index (χ2v) is 5.44. The minimum atomic E-state index is 0.761. The van der Waals surface area contributed by atoms with Gasteiger partial charge in [-0.25, -0.2) is 0 Å². The Morgan fingerprint density at radius 3 is 2.42 bits per heavy atom. The van der Waals surface area contributed by atoms with E-state index in [1.807, 2.05) is 0 Å². The number of nitrogens with zero attached hydrogens (tertiary/aromatic N) is 1. The molecule has 3 rings (SSSR count). The minimum absolute atomic E-state index is 0.761. The molecule has 0 atom stereocenters. The first kappa shape index (κ1) is 12.6. The Labute approximate surface area is 115 Å². The van der Waals surface area contributed by atoms with E-state index in [2.05, 4.69) is 36.3 Å². The molecule has 4 nitrogen and oxygen atoms in total. The van der Waals surface area contributed by atoms with Gasteiger partial charge in [-0.3, -0.25) is 0 Å². The van der Waals surface area contributed by atoms with E-state index in [0.717, 1.165) is 45.1 Å². The molecule has 2 aliphatic heterocycles. The Hall–Kier alpha value is -1.42. The van der Waals surface area contributed by atoms with Crippen molar-refractivity contribution in [2.45, 2.75) is 20.8 Å². The molecule has 0 spiro atoms. The van der Waals surface area contributed by atoms with Crippen LogP contribution in [-0.2, 0) is 0 Å². The molecule has 2 aliphatic rings. The molecule has 2 heterocycles. The molecular formula is C15H23N3O. The van der Waals surface area contributed by atoms with E-state index in [1.54, 1.807) is 0 Å². The lowest BCUT2D eigenvalue weighted by atomic mass is 9.97. The Morgan fingerprint density at radius 2 is 1.68 bits per heavy atom. The minimum Gasteiger partial charge on any atom is -0.489 e. The van der Waals surface area contributed by atoms with E-state index in [-0.39, 0.29) is 0 Å². The predicted molar refractivity (Wildman–Crippen MR) is 79.7 cm³/mol. The first-order valence-electron chi connectivity index (χ1n) is 7.16. The second-order valence-electron chi connectivity index (χ2n) is 5.44. The molecule has 0 unspecified atom stereocenters. The normalized spacial score (nSPS) is 18.6. The third-order valence-corrected chi connectivity index (χ3v) is 4.30. The summed E-state index contributed by atoms with van der Waals surface area (Å²) in [5, 5.41) is 6.90. The molecule has 0 aromatic heterocycles. The number of hydrogen-bond donors (Lipinski definition) is 2. The smallest absolute Gasteiger partial charge is 0.147 e. The lowest BCUT2D eigenvalue weighted by molar-refractivity contribution is 0.320. The maximum atomic E-state index is 5.92. The van der Waals surface area contributed by atoms with Gasteiger partial charge in [-0.15, -0.1) is 0 Å². The van der Waals surface area contributed by atoms with E-state index in [9.17, 15) is 0 Å². The largest absolute Gasteiger partial charge is 0.489 e. The molecule has 0 aliphatic carbocycles. The van der Waals surface area contributed by atoms with Gasteiger partial charge in [0.15, 0.2) is 0 Å². The highest BCUT2D eigenvalue weighted by atomic mass is 16.5. The molecule has 104 valence electrons. The Kier molecular flexibility index (Phi) is 3.27. The maximum Gasteiger partial charge on any atom is 0.147 e. The number of anilines is 2. The van der Waals surface area contributed by atoms with Gasteiger partial charge >= 0.3 is 0 Å². The summed E-state index contributed by atoms with van der Waals surface area (Å²) < 4.78 is 5.92. The predicted octanol–water partition coefficient (Wildman–Crippen LogP) is 1.83. The molecule has 0 amide bonds. The molecular weight excluding hydrogens is 238 g/mol. The van der Waals surface area contributed by atoms with Gasteiger partial charge in [-0.1, -0.05) is 0 Å². The van der Waals surface area contributed by atoms with Crippen LogP contribution < -0.4 is 20.3 Å². The second kappa shape index (κ2) is 4.93. The first-order chi connectivity index (χ1) is 9.20. The average Bonchev–Trinajstić information content (AvgIpc) is 2.46. The monoisotopic (exact) mass is 261 g/mol. The van der Waals surface area contributed by atoms with Crippen molar-refractivity contribution in [3.63, 3.8) is 0 Å². The third kappa shape index (κ3) is 2.04. The van der Waals surface area contributed by atoms with Crippen LogP contribution in [0.25, 0.3) is 0 Å². The molecule has 1 aromatic rings. The van der Waals surface area contributed by atoms with Crippen LogP contribution in [0.1, 0.15) is 16.7 Å². The van der Waals surface area contributed by atoms with Gasteiger partial charge in [0.1, 0.15) is 12.4 Å². The van der Waals surface area contributed by atoms with Crippen molar-refractivity contribution in [2.24, 2.45) is 0 Å². The van der Waals surface area contributed by atoms with Crippen molar-refractivity contribution in [3.05, 3.63) is 16.7 Å². The fourth-order valence-corrected chi connectivity index (χ4v) is 3.20. The van der Waals surface area contributed by atoms with Crippen LogP contribution in [0, 0.1) is 20.8 Å². The SMILES string of the molecule is Cc1c(C)c(N2CCNCC2)c(C)c2c1NCCO2. The van der Waals surface area contributed by atoms with Crippen LogP contribution in [0.4, 0.5) is 11.4 Å². The molecule has 1 saturated heterocycles. The lowest BCUT2D eigenvalue weighted by Crippen LogP contribution is -2.44. The highest BCUT2D eigenvalue weighted by Crippen LogP contribution is 2.43. The number of hydrogen-bond acceptors (Lipinski definition) is 4. The summed E-state index contributed by atoms with van der Waals surface area (Å²) in [6.45, 7) is 12.6. The van der Waals surface area contributed by atoms with Crippen molar-refractivity contribution in [2.75, 3.05) is 49.5 Å². The summed E-state index contributed by atoms with van der Waals surface area (Å²) in [5.41, 5.74) is 6.57. The zero-order chi connectivity index (χ0) is 13.4. The van der Waals surface area contributed by atoms with E-state index >= 15 is 0 Å². The fraction of sp³-hybridized carbons (Fsp3) is 0.600. The Morgan fingerprint density at radius 1 is 0.947 bits per heavy atom. The van der Waals surface area contributed by atoms with Gasteiger partial charge in [0, 0.05) is 44.0 Å². The summed E-state index contributed by atoms with van der Waals surface area (Å²) in [6.07, 6.45) is 0. The van der Waals surface area contributed by atoms with Gasteiger partial charge in [-0.2, -0.15) is 0 Å². The number of nitrogens with one attached hydrogen (secondary N) is 2. The molecule has 0 saturated carbocycles. The van der Waals surface area contributed by atoms with Gasteiger partial charge in [-0.05, 0) is 31.9 Å². The summed E-state index contributed by atoms with van der Waals surface area (Å²) in [5.74, 6) is 1.06. The Balaban J connectivity index is 2.10. The molecule has 1 aromatic carbocycles. The molecule has 1 fully saturated rings. The van der Waals surface area contributed by atoms with Crippen molar-refractivity contribution >= 4 is 11.4 Å². The van der Waals surface area contributed by atoms with Crippen LogP contribution >= 0.6 is 0 Å². The van der Waals surface area contributed by atoms with Gasteiger partial charge in [0.05, 0.1) is 5.69 Å². The molecule has 0 radical (unpaired) electrons. The standard InChI is InChI=1S/C15H23N3O/c1-10-11(2)14(18-7-4-16-5-8-18)12(3)15-13(10)17-6-9-19-15/h16-17H,4-9H2,1-3H3. The lowest BCUT2D eigenvalue weighted by Gasteiger charge is -2.35. The quantitative estimate of drug-likeness (QED) is 0.808.